The number of benzene rings is 3. The molecule has 0 spiro atoms. The summed E-state index contributed by atoms with van der Waals surface area (Å²) in [5.74, 6) is -0.481. The Morgan fingerprint density at radius 3 is 2.19 bits per heavy atom. The minimum Gasteiger partial charge on any atom is -0.302 e. The van der Waals surface area contributed by atoms with Crippen molar-refractivity contribution in [2.75, 3.05) is 18.4 Å². The summed E-state index contributed by atoms with van der Waals surface area (Å²) < 4.78 is 13.3. The number of likely N-dealkylation sites (tertiary alicyclic amines) is 1. The predicted octanol–water partition coefficient (Wildman–Crippen LogP) is 8.43. The van der Waals surface area contributed by atoms with E-state index in [9.17, 15) is 9.18 Å². The second-order valence-corrected chi connectivity index (χ2v) is 11.3. The van der Waals surface area contributed by atoms with Crippen molar-refractivity contribution in [1.29, 1.82) is 0 Å². The van der Waals surface area contributed by atoms with Gasteiger partial charge in [0.2, 0.25) is 5.91 Å². The minimum absolute atomic E-state index is 0.0291. The number of hydrogen-bond donors (Lipinski definition) is 1. The zero-order valence-corrected chi connectivity index (χ0v) is 22.8. The van der Waals surface area contributed by atoms with Crippen LogP contribution in [0.5, 0.6) is 0 Å². The Bertz CT molecular complexity index is 1340. The largest absolute Gasteiger partial charge is 0.302 e. The Hall–Kier alpha value is -2.48. The first-order valence-electron chi connectivity index (χ1n) is 11.9. The maximum absolute atomic E-state index is 13.3. The van der Waals surface area contributed by atoms with Gasteiger partial charge in [-0.05, 0) is 73.5 Å². The molecule has 1 aliphatic heterocycles. The van der Waals surface area contributed by atoms with E-state index in [0.29, 0.717) is 26.7 Å². The third-order valence-electron chi connectivity index (χ3n) is 6.45. The van der Waals surface area contributed by atoms with Gasteiger partial charge in [0, 0.05) is 33.1 Å². The Labute approximate surface area is 234 Å². The summed E-state index contributed by atoms with van der Waals surface area (Å²) in [7, 11) is 0. The molecule has 0 saturated carbocycles. The molecule has 3 aromatic carbocycles. The SMILES string of the molecule is O=C(Nc1nc(-c2ccc(Cl)cc2)c(-c2ccc(Cl)cc2)s1)C1CCN(Cc2ccc(F)cc2Cl)CC1. The number of thiazole rings is 1. The van der Waals surface area contributed by atoms with E-state index in [2.05, 4.69) is 10.2 Å². The van der Waals surface area contributed by atoms with Crippen molar-refractivity contribution in [3.05, 3.63) is 93.2 Å². The lowest BCUT2D eigenvalue weighted by Crippen LogP contribution is -2.37. The zero-order chi connectivity index (χ0) is 25.9. The first-order valence-corrected chi connectivity index (χ1v) is 13.8. The van der Waals surface area contributed by atoms with E-state index < -0.39 is 0 Å². The van der Waals surface area contributed by atoms with E-state index in [4.69, 9.17) is 39.8 Å². The summed E-state index contributed by atoms with van der Waals surface area (Å²) in [5.41, 5.74) is 3.56. The molecule has 0 unspecified atom stereocenters. The average Bonchev–Trinajstić information content (AvgIpc) is 3.30. The molecule has 9 heteroatoms. The highest BCUT2D eigenvalue weighted by atomic mass is 35.5. The summed E-state index contributed by atoms with van der Waals surface area (Å²) in [4.78, 5) is 21.1. The molecule has 2 heterocycles. The fraction of sp³-hybridized carbons (Fsp3) is 0.214. The van der Waals surface area contributed by atoms with E-state index in [1.54, 1.807) is 6.07 Å². The predicted molar refractivity (Wildman–Crippen MR) is 151 cm³/mol. The summed E-state index contributed by atoms with van der Waals surface area (Å²) in [6.45, 7) is 2.15. The first kappa shape index (κ1) is 26.1. The molecule has 5 rings (SSSR count). The van der Waals surface area contributed by atoms with Gasteiger partial charge in [0.25, 0.3) is 0 Å². The van der Waals surface area contributed by atoms with Crippen LogP contribution in [0.2, 0.25) is 15.1 Å². The molecule has 1 aromatic heterocycles. The van der Waals surface area contributed by atoms with Crippen molar-refractivity contribution in [2.45, 2.75) is 19.4 Å². The van der Waals surface area contributed by atoms with Gasteiger partial charge < -0.3 is 5.32 Å². The summed E-state index contributed by atoms with van der Waals surface area (Å²) in [6, 6.07) is 19.6. The molecule has 1 fully saturated rings. The molecule has 4 aromatic rings. The fourth-order valence-corrected chi connectivity index (χ4v) is 5.90. The number of rotatable bonds is 6. The molecule has 190 valence electrons. The lowest BCUT2D eigenvalue weighted by atomic mass is 9.95. The van der Waals surface area contributed by atoms with Crippen LogP contribution < -0.4 is 5.32 Å². The molecular weight excluding hydrogens is 552 g/mol. The monoisotopic (exact) mass is 573 g/mol. The lowest BCUT2D eigenvalue weighted by Gasteiger charge is -2.31. The Balaban J connectivity index is 1.28. The van der Waals surface area contributed by atoms with Gasteiger partial charge >= 0.3 is 0 Å². The van der Waals surface area contributed by atoms with Gasteiger partial charge in [0.1, 0.15) is 5.82 Å². The molecule has 0 bridgehead atoms. The number of nitrogens with one attached hydrogen (secondary N) is 1. The van der Waals surface area contributed by atoms with Crippen LogP contribution >= 0.6 is 46.1 Å². The maximum atomic E-state index is 13.3. The summed E-state index contributed by atoms with van der Waals surface area (Å²) in [6.07, 6.45) is 1.45. The third kappa shape index (κ3) is 6.33. The van der Waals surface area contributed by atoms with E-state index >= 15 is 0 Å². The van der Waals surface area contributed by atoms with Crippen LogP contribution in [0, 0.1) is 11.7 Å². The van der Waals surface area contributed by atoms with Crippen molar-refractivity contribution < 1.29 is 9.18 Å². The number of halogens is 4. The van der Waals surface area contributed by atoms with Crippen LogP contribution in [-0.2, 0) is 11.3 Å². The van der Waals surface area contributed by atoms with Gasteiger partial charge in [-0.1, -0.05) is 76.5 Å². The highest BCUT2D eigenvalue weighted by Gasteiger charge is 2.27. The Morgan fingerprint density at radius 1 is 0.946 bits per heavy atom. The molecule has 1 amide bonds. The van der Waals surface area contributed by atoms with Crippen LogP contribution in [-0.4, -0.2) is 28.9 Å². The molecular formula is C28H23Cl3FN3OS. The normalized spacial score (nSPS) is 14.6. The second-order valence-electron chi connectivity index (χ2n) is 8.99. The van der Waals surface area contributed by atoms with Gasteiger partial charge in [0.15, 0.2) is 5.13 Å². The third-order valence-corrected chi connectivity index (χ3v) is 8.32. The number of amides is 1. The second kappa shape index (κ2) is 11.5. The van der Waals surface area contributed by atoms with Gasteiger partial charge in [-0.15, -0.1) is 0 Å². The van der Waals surface area contributed by atoms with Gasteiger partial charge in [0.05, 0.1) is 10.6 Å². The standard InChI is InChI=1S/C28H23Cl3FN3OS/c29-21-6-1-17(2-7-21)25-26(18-3-8-22(30)9-4-18)37-28(33-25)34-27(36)19-11-13-35(14-12-19)16-20-5-10-23(32)15-24(20)31/h1-10,15,19H,11-14,16H2,(H,33,34,36). The molecule has 1 aliphatic rings. The summed E-state index contributed by atoms with van der Waals surface area (Å²) in [5, 5.41) is 5.34. The number of hydrogen-bond acceptors (Lipinski definition) is 4. The average molecular weight is 575 g/mol. The van der Waals surface area contributed by atoms with Gasteiger partial charge in [-0.25, -0.2) is 9.37 Å². The molecule has 0 atom stereocenters. The van der Waals surface area contributed by atoms with Crippen LogP contribution in [0.4, 0.5) is 9.52 Å². The smallest absolute Gasteiger partial charge is 0.229 e. The van der Waals surface area contributed by atoms with Crippen molar-refractivity contribution in [3.63, 3.8) is 0 Å². The number of nitrogens with zero attached hydrogens (tertiary/aromatic N) is 2. The van der Waals surface area contributed by atoms with Crippen molar-refractivity contribution in [3.8, 4) is 21.7 Å². The molecule has 1 saturated heterocycles. The molecule has 1 N–H and O–H groups in total. The van der Waals surface area contributed by atoms with Crippen LogP contribution in [0.1, 0.15) is 18.4 Å². The van der Waals surface area contributed by atoms with Crippen LogP contribution in [0.15, 0.2) is 66.7 Å². The van der Waals surface area contributed by atoms with Crippen molar-refractivity contribution >= 4 is 57.2 Å². The number of carbonyl (C=O) groups is 1. The van der Waals surface area contributed by atoms with E-state index in [1.165, 1.54) is 23.5 Å². The number of carbonyl (C=O) groups excluding carboxylic acids is 1. The zero-order valence-electron chi connectivity index (χ0n) is 19.7. The van der Waals surface area contributed by atoms with Crippen molar-refractivity contribution in [1.82, 2.24) is 9.88 Å². The van der Waals surface area contributed by atoms with Crippen molar-refractivity contribution in [2.24, 2.45) is 5.92 Å². The first-order chi connectivity index (χ1) is 17.9. The van der Waals surface area contributed by atoms with E-state index in [-0.39, 0.29) is 17.6 Å². The quantitative estimate of drug-likeness (QED) is 0.251. The number of anilines is 1. The molecule has 0 radical (unpaired) electrons. The fourth-order valence-electron chi connectivity index (χ4n) is 4.43. The topological polar surface area (TPSA) is 45.2 Å². The highest BCUT2D eigenvalue weighted by molar-refractivity contribution is 7.19. The maximum Gasteiger partial charge on any atom is 0.229 e. The number of piperidine rings is 1. The molecule has 0 aliphatic carbocycles. The van der Waals surface area contributed by atoms with E-state index in [0.717, 1.165) is 53.2 Å². The molecule has 4 nitrogen and oxygen atoms in total. The van der Waals surface area contributed by atoms with E-state index in [1.807, 2.05) is 48.5 Å². The Morgan fingerprint density at radius 2 is 1.57 bits per heavy atom. The van der Waals surface area contributed by atoms with Gasteiger partial charge in [-0.3, -0.25) is 9.69 Å². The van der Waals surface area contributed by atoms with Gasteiger partial charge in [-0.2, -0.15) is 0 Å². The highest BCUT2D eigenvalue weighted by Crippen LogP contribution is 2.40. The Kier molecular flexibility index (Phi) is 8.12. The summed E-state index contributed by atoms with van der Waals surface area (Å²) >= 11 is 19.8. The lowest BCUT2D eigenvalue weighted by molar-refractivity contribution is -0.121. The molecule has 37 heavy (non-hydrogen) atoms. The number of aromatic nitrogens is 1. The minimum atomic E-state index is -0.343. The van der Waals surface area contributed by atoms with Crippen LogP contribution in [0.3, 0.4) is 0 Å². The van der Waals surface area contributed by atoms with Crippen LogP contribution in [0.25, 0.3) is 21.7 Å².